The third-order valence-electron chi connectivity index (χ3n) is 4.66. The second-order valence-electron chi connectivity index (χ2n) is 8.11. The van der Waals surface area contributed by atoms with Crippen LogP contribution < -0.4 is 5.32 Å². The van der Waals surface area contributed by atoms with Crippen LogP contribution in [0, 0.1) is 0 Å². The van der Waals surface area contributed by atoms with E-state index in [9.17, 15) is 9.59 Å². The predicted molar refractivity (Wildman–Crippen MR) is 114 cm³/mol. The van der Waals surface area contributed by atoms with Gasteiger partial charge in [0.05, 0.1) is 6.20 Å². The molecule has 0 fully saturated rings. The summed E-state index contributed by atoms with van der Waals surface area (Å²) < 4.78 is 10.8. The molecule has 0 aliphatic heterocycles. The van der Waals surface area contributed by atoms with Crippen LogP contribution >= 0.6 is 0 Å². The maximum absolute atomic E-state index is 12.4. The minimum Gasteiger partial charge on any atom is -0.454 e. The summed E-state index contributed by atoms with van der Waals surface area (Å²) in [6, 6.07) is 16.1. The number of hydrogen-bond donors (Lipinski definition) is 1. The molecule has 1 amide bonds. The minimum absolute atomic E-state index is 0.00632. The van der Waals surface area contributed by atoms with Crippen molar-refractivity contribution < 1.29 is 18.7 Å². The molecule has 6 heteroatoms. The number of benzene rings is 2. The summed E-state index contributed by atoms with van der Waals surface area (Å²) in [5.41, 5.74) is 2.52. The summed E-state index contributed by atoms with van der Waals surface area (Å²) in [7, 11) is 0. The first-order chi connectivity index (χ1) is 14.2. The fourth-order valence-electron chi connectivity index (χ4n) is 2.83. The molecule has 0 bridgehead atoms. The Labute approximate surface area is 176 Å². The third kappa shape index (κ3) is 5.35. The molecule has 1 atom stereocenters. The Hall–Kier alpha value is -3.41. The Morgan fingerprint density at radius 3 is 2.37 bits per heavy atom. The smallest absolute Gasteiger partial charge is 0.328 e. The molecule has 0 aliphatic carbocycles. The summed E-state index contributed by atoms with van der Waals surface area (Å²) in [5.74, 6) is -0.00304. The summed E-state index contributed by atoms with van der Waals surface area (Å²) >= 11 is 0. The minimum atomic E-state index is -0.802. The predicted octanol–water partition coefficient (Wildman–Crippen LogP) is 4.50. The Kier molecular flexibility index (Phi) is 6.35. The van der Waals surface area contributed by atoms with E-state index < -0.39 is 12.0 Å². The van der Waals surface area contributed by atoms with Crippen LogP contribution in [0.25, 0.3) is 11.3 Å². The van der Waals surface area contributed by atoms with Crippen molar-refractivity contribution in [1.29, 1.82) is 0 Å². The molecule has 3 aromatic rings. The van der Waals surface area contributed by atoms with Crippen LogP contribution in [-0.2, 0) is 21.6 Å². The van der Waals surface area contributed by atoms with Crippen molar-refractivity contribution in [3.05, 3.63) is 77.8 Å². The lowest BCUT2D eigenvalue weighted by Crippen LogP contribution is -2.39. The van der Waals surface area contributed by atoms with Crippen LogP contribution in [0.5, 0.6) is 0 Å². The monoisotopic (exact) mass is 406 g/mol. The van der Waals surface area contributed by atoms with E-state index >= 15 is 0 Å². The molecule has 1 heterocycles. The Morgan fingerprint density at radius 1 is 1.07 bits per heavy atom. The van der Waals surface area contributed by atoms with Crippen molar-refractivity contribution in [2.24, 2.45) is 0 Å². The quantitative estimate of drug-likeness (QED) is 0.610. The normalized spacial score (nSPS) is 12.3. The number of aromatic nitrogens is 1. The van der Waals surface area contributed by atoms with Gasteiger partial charge in [-0.15, -0.1) is 0 Å². The number of carbonyl (C=O) groups excluding carboxylic acids is 2. The number of carbonyl (C=O) groups is 2. The van der Waals surface area contributed by atoms with Gasteiger partial charge in [0.15, 0.2) is 12.4 Å². The van der Waals surface area contributed by atoms with Gasteiger partial charge in [0.2, 0.25) is 5.89 Å². The van der Waals surface area contributed by atoms with Crippen molar-refractivity contribution in [1.82, 2.24) is 10.3 Å². The van der Waals surface area contributed by atoms with Crippen LogP contribution in [-0.4, -0.2) is 22.9 Å². The van der Waals surface area contributed by atoms with Gasteiger partial charge < -0.3 is 14.5 Å². The molecule has 0 saturated carbocycles. The molecule has 1 aromatic heterocycles. The molecule has 0 saturated heterocycles. The molecule has 6 nitrogen and oxygen atoms in total. The summed E-state index contributed by atoms with van der Waals surface area (Å²) in [6.07, 6.45) is 1.59. The molecule has 0 unspecified atom stereocenters. The lowest BCUT2D eigenvalue weighted by molar-refractivity contribution is -0.147. The van der Waals surface area contributed by atoms with E-state index in [1.807, 2.05) is 42.5 Å². The number of esters is 1. The molecule has 0 spiro atoms. The zero-order valence-corrected chi connectivity index (χ0v) is 17.6. The first-order valence-electron chi connectivity index (χ1n) is 9.82. The van der Waals surface area contributed by atoms with Gasteiger partial charge in [0, 0.05) is 11.1 Å². The number of oxazole rings is 1. The molecular formula is C24H26N2O4. The zero-order valence-electron chi connectivity index (χ0n) is 17.6. The number of amides is 1. The number of nitrogens with one attached hydrogen (secondary N) is 1. The van der Waals surface area contributed by atoms with E-state index in [1.165, 1.54) is 0 Å². The standard InChI is InChI=1S/C24H26N2O4/c1-16(26-22(27)18-10-12-19(13-11-18)24(2,3)4)23(28)29-15-21-25-14-20(30-21)17-8-6-5-7-9-17/h5-14,16H,15H2,1-4H3,(H,26,27)/t16-/m0/s1. The van der Waals surface area contributed by atoms with E-state index in [4.69, 9.17) is 9.15 Å². The molecule has 0 aliphatic rings. The topological polar surface area (TPSA) is 81.4 Å². The van der Waals surface area contributed by atoms with Gasteiger partial charge in [-0.2, -0.15) is 0 Å². The van der Waals surface area contributed by atoms with Gasteiger partial charge >= 0.3 is 5.97 Å². The van der Waals surface area contributed by atoms with Crippen LogP contribution in [0.1, 0.15) is 49.5 Å². The van der Waals surface area contributed by atoms with Crippen molar-refractivity contribution in [2.45, 2.75) is 45.8 Å². The molecule has 1 N–H and O–H groups in total. The summed E-state index contributed by atoms with van der Waals surface area (Å²) in [6.45, 7) is 7.80. The highest BCUT2D eigenvalue weighted by molar-refractivity contribution is 5.96. The van der Waals surface area contributed by atoms with Crippen molar-refractivity contribution in [2.75, 3.05) is 0 Å². The zero-order chi connectivity index (χ0) is 21.7. The Bertz CT molecular complexity index is 1000. The number of hydrogen-bond acceptors (Lipinski definition) is 5. The molecule has 2 aromatic carbocycles. The van der Waals surface area contributed by atoms with Gasteiger partial charge in [-0.1, -0.05) is 63.2 Å². The Balaban J connectivity index is 1.52. The number of nitrogens with zero attached hydrogens (tertiary/aromatic N) is 1. The van der Waals surface area contributed by atoms with Crippen molar-refractivity contribution in [3.63, 3.8) is 0 Å². The summed E-state index contributed by atoms with van der Waals surface area (Å²) in [4.78, 5) is 28.8. The summed E-state index contributed by atoms with van der Waals surface area (Å²) in [5, 5.41) is 2.66. The lowest BCUT2D eigenvalue weighted by Gasteiger charge is -2.19. The molecular weight excluding hydrogens is 380 g/mol. The second kappa shape index (κ2) is 8.95. The van der Waals surface area contributed by atoms with Crippen LogP contribution in [0.4, 0.5) is 0 Å². The highest BCUT2D eigenvalue weighted by Crippen LogP contribution is 2.22. The molecule has 0 radical (unpaired) electrons. The van der Waals surface area contributed by atoms with Gasteiger partial charge in [-0.25, -0.2) is 9.78 Å². The fraction of sp³-hybridized carbons (Fsp3) is 0.292. The van der Waals surface area contributed by atoms with E-state index in [0.29, 0.717) is 17.2 Å². The Morgan fingerprint density at radius 2 is 1.73 bits per heavy atom. The SMILES string of the molecule is C[C@H](NC(=O)c1ccc(C(C)(C)C)cc1)C(=O)OCc1ncc(-c2ccccc2)o1. The molecule has 30 heavy (non-hydrogen) atoms. The molecule has 156 valence electrons. The number of ether oxygens (including phenoxy) is 1. The highest BCUT2D eigenvalue weighted by Gasteiger charge is 2.20. The first kappa shape index (κ1) is 21.3. The van der Waals surface area contributed by atoms with E-state index in [0.717, 1.165) is 11.1 Å². The van der Waals surface area contributed by atoms with Crippen molar-refractivity contribution in [3.8, 4) is 11.3 Å². The fourth-order valence-corrected chi connectivity index (χ4v) is 2.83. The largest absolute Gasteiger partial charge is 0.454 e. The maximum Gasteiger partial charge on any atom is 0.328 e. The first-order valence-corrected chi connectivity index (χ1v) is 9.82. The van der Waals surface area contributed by atoms with Gasteiger partial charge in [0.25, 0.3) is 5.91 Å². The average Bonchev–Trinajstić information content (AvgIpc) is 3.21. The lowest BCUT2D eigenvalue weighted by atomic mass is 9.86. The highest BCUT2D eigenvalue weighted by atomic mass is 16.5. The van der Waals surface area contributed by atoms with E-state index in [2.05, 4.69) is 31.1 Å². The average molecular weight is 406 g/mol. The number of rotatable bonds is 6. The van der Waals surface area contributed by atoms with E-state index in [-0.39, 0.29) is 17.9 Å². The van der Waals surface area contributed by atoms with E-state index in [1.54, 1.807) is 25.3 Å². The van der Waals surface area contributed by atoms with Crippen LogP contribution in [0.2, 0.25) is 0 Å². The second-order valence-corrected chi connectivity index (χ2v) is 8.11. The van der Waals surface area contributed by atoms with Crippen molar-refractivity contribution >= 4 is 11.9 Å². The molecule has 3 rings (SSSR count). The maximum atomic E-state index is 12.4. The third-order valence-corrected chi connectivity index (χ3v) is 4.66. The van der Waals surface area contributed by atoms with Gasteiger partial charge in [-0.3, -0.25) is 4.79 Å². The van der Waals surface area contributed by atoms with Crippen LogP contribution in [0.15, 0.2) is 65.2 Å². The van der Waals surface area contributed by atoms with Crippen LogP contribution in [0.3, 0.4) is 0 Å². The van der Waals surface area contributed by atoms with Gasteiger partial charge in [0.1, 0.15) is 6.04 Å². The van der Waals surface area contributed by atoms with Gasteiger partial charge in [-0.05, 0) is 30.0 Å².